The van der Waals surface area contributed by atoms with Crippen LogP contribution in [0.25, 0.3) is 0 Å². The van der Waals surface area contributed by atoms with E-state index in [1.54, 1.807) is 23.4 Å². The van der Waals surface area contributed by atoms with Crippen molar-refractivity contribution in [1.82, 2.24) is 14.7 Å². The first-order valence-corrected chi connectivity index (χ1v) is 6.66. The summed E-state index contributed by atoms with van der Waals surface area (Å²) in [6.45, 7) is 6.72. The maximum atomic E-state index is 11.9. The quantitative estimate of drug-likeness (QED) is 0.615. The van der Waals surface area contributed by atoms with Gasteiger partial charge in [-0.3, -0.25) is 0 Å². The van der Waals surface area contributed by atoms with Gasteiger partial charge in [-0.2, -0.15) is 5.10 Å². The van der Waals surface area contributed by atoms with Gasteiger partial charge < -0.3 is 15.4 Å². The number of carbonyl (C=O) groups excluding carboxylic acids is 1. The van der Waals surface area contributed by atoms with Crippen LogP contribution in [0.2, 0.25) is 0 Å². The summed E-state index contributed by atoms with van der Waals surface area (Å²) in [6.07, 6.45) is 3.86. The van der Waals surface area contributed by atoms with Crippen molar-refractivity contribution >= 4 is 12.1 Å². The Hall–Kier alpha value is -2.05. The van der Waals surface area contributed by atoms with Crippen molar-refractivity contribution in [1.29, 1.82) is 0 Å². The average molecular weight is 279 g/mol. The van der Waals surface area contributed by atoms with Crippen molar-refractivity contribution in [2.45, 2.75) is 38.8 Å². The van der Waals surface area contributed by atoms with E-state index in [9.17, 15) is 4.79 Å². The molecule has 1 saturated heterocycles. The zero-order valence-electron chi connectivity index (χ0n) is 12.1. The Balaban J connectivity index is 1.92. The highest BCUT2D eigenvalue weighted by atomic mass is 16.6. The summed E-state index contributed by atoms with van der Waals surface area (Å²) in [5, 5.41) is 4.02. The third kappa shape index (κ3) is 3.72. The molecule has 2 heterocycles. The number of hydrogen-bond acceptors (Lipinski definition) is 4. The summed E-state index contributed by atoms with van der Waals surface area (Å²) < 4.78 is 6.85. The molecule has 7 nitrogen and oxygen atoms in total. The minimum atomic E-state index is -0.480. The number of hydrogen-bond donors (Lipinski definition) is 1. The largest absolute Gasteiger partial charge is 0.444 e. The van der Waals surface area contributed by atoms with Crippen LogP contribution < -0.4 is 5.73 Å². The first kappa shape index (κ1) is 14.4. The van der Waals surface area contributed by atoms with Crippen molar-refractivity contribution in [2.24, 2.45) is 10.7 Å². The predicted molar refractivity (Wildman–Crippen MR) is 75.5 cm³/mol. The fraction of sp³-hybridized carbons (Fsp3) is 0.615. The molecule has 1 aliphatic rings. The smallest absolute Gasteiger partial charge is 0.410 e. The number of ether oxygens (including phenoxy) is 1. The number of carbonyl (C=O) groups is 1. The summed E-state index contributed by atoms with van der Waals surface area (Å²) in [5.74, 6) is 0.339. The number of amides is 1. The summed E-state index contributed by atoms with van der Waals surface area (Å²) >= 11 is 0. The highest BCUT2D eigenvalue weighted by Crippen LogP contribution is 2.17. The summed E-state index contributed by atoms with van der Waals surface area (Å²) in [5.41, 5.74) is 5.38. The lowest BCUT2D eigenvalue weighted by Crippen LogP contribution is -2.36. The molecule has 1 aliphatic heterocycles. The van der Waals surface area contributed by atoms with Crippen molar-refractivity contribution in [3.05, 3.63) is 18.5 Å². The zero-order chi connectivity index (χ0) is 14.8. The van der Waals surface area contributed by atoms with E-state index in [-0.39, 0.29) is 12.1 Å². The van der Waals surface area contributed by atoms with Crippen LogP contribution in [0, 0.1) is 0 Å². The summed E-state index contributed by atoms with van der Waals surface area (Å²) in [7, 11) is 0. The van der Waals surface area contributed by atoms with Crippen molar-refractivity contribution < 1.29 is 9.53 Å². The predicted octanol–water partition coefficient (Wildman–Crippen LogP) is 1.06. The molecular formula is C13H21N5O2. The van der Waals surface area contributed by atoms with Gasteiger partial charge in [-0.25, -0.2) is 14.5 Å². The van der Waals surface area contributed by atoms with Gasteiger partial charge >= 0.3 is 6.09 Å². The molecule has 2 N–H and O–H groups in total. The third-order valence-corrected chi connectivity index (χ3v) is 2.87. The summed E-state index contributed by atoms with van der Waals surface area (Å²) in [4.78, 5) is 18.0. The third-order valence-electron chi connectivity index (χ3n) is 2.87. The molecule has 0 bridgehead atoms. The molecule has 1 amide bonds. The number of nitrogens with zero attached hydrogens (tertiary/aromatic N) is 4. The summed E-state index contributed by atoms with van der Waals surface area (Å²) in [6, 6.07) is 1.77. The van der Waals surface area contributed by atoms with E-state index in [0.29, 0.717) is 19.0 Å². The molecule has 1 aromatic rings. The second-order valence-electron chi connectivity index (χ2n) is 5.81. The van der Waals surface area contributed by atoms with Gasteiger partial charge in [-0.15, -0.1) is 0 Å². The molecule has 1 aromatic heterocycles. The Bertz CT molecular complexity index is 489. The highest BCUT2D eigenvalue weighted by Gasteiger charge is 2.29. The first-order valence-electron chi connectivity index (χ1n) is 6.66. The van der Waals surface area contributed by atoms with Crippen molar-refractivity contribution in [3.63, 3.8) is 0 Å². The Labute approximate surface area is 118 Å². The van der Waals surface area contributed by atoms with E-state index >= 15 is 0 Å². The van der Waals surface area contributed by atoms with Gasteiger partial charge in [-0.1, -0.05) is 0 Å². The lowest BCUT2D eigenvalue weighted by Gasteiger charge is -2.24. The van der Waals surface area contributed by atoms with Gasteiger partial charge in [0.1, 0.15) is 5.60 Å². The van der Waals surface area contributed by atoms with Gasteiger partial charge in [0.25, 0.3) is 0 Å². The fourth-order valence-electron chi connectivity index (χ4n) is 1.99. The monoisotopic (exact) mass is 279 g/mol. The molecule has 2 rings (SSSR count). The van der Waals surface area contributed by atoms with Gasteiger partial charge in [0.2, 0.25) is 5.96 Å². The molecule has 0 unspecified atom stereocenters. The Morgan fingerprint density at radius 3 is 2.85 bits per heavy atom. The fourth-order valence-corrected chi connectivity index (χ4v) is 1.99. The number of aliphatic imine (C=N–C) groups is 1. The number of nitrogens with two attached hydrogens (primary N) is 1. The molecule has 110 valence electrons. The molecule has 20 heavy (non-hydrogen) atoms. The van der Waals surface area contributed by atoms with E-state index in [1.807, 2.05) is 20.8 Å². The van der Waals surface area contributed by atoms with E-state index in [4.69, 9.17) is 10.5 Å². The van der Waals surface area contributed by atoms with Gasteiger partial charge in [0, 0.05) is 25.5 Å². The minimum Gasteiger partial charge on any atom is -0.444 e. The SMILES string of the molecule is CC(C)(C)OC(=O)N1CC[C@@H](N=C(N)n2cccn2)C1. The minimum absolute atomic E-state index is 0.00767. The lowest BCUT2D eigenvalue weighted by atomic mass is 10.2. The lowest BCUT2D eigenvalue weighted by molar-refractivity contribution is 0.0293. The maximum Gasteiger partial charge on any atom is 0.410 e. The van der Waals surface area contributed by atoms with Crippen LogP contribution in [0.3, 0.4) is 0 Å². The van der Waals surface area contributed by atoms with Crippen LogP contribution in [0.1, 0.15) is 27.2 Å². The molecule has 1 atom stereocenters. The number of likely N-dealkylation sites (tertiary alicyclic amines) is 1. The molecule has 0 radical (unpaired) electrons. The Kier molecular flexibility index (Phi) is 3.96. The van der Waals surface area contributed by atoms with Crippen LogP contribution in [-0.4, -0.2) is 51.5 Å². The molecule has 0 aliphatic carbocycles. The van der Waals surface area contributed by atoms with E-state index in [0.717, 1.165) is 6.42 Å². The Morgan fingerprint density at radius 2 is 2.25 bits per heavy atom. The average Bonchev–Trinajstić information content (AvgIpc) is 2.97. The highest BCUT2D eigenvalue weighted by molar-refractivity contribution is 5.79. The molecule has 7 heteroatoms. The zero-order valence-corrected chi connectivity index (χ0v) is 12.1. The molecular weight excluding hydrogens is 258 g/mol. The standard InChI is InChI=1S/C13H21N5O2/c1-13(2,3)20-12(19)17-8-5-10(9-17)16-11(14)18-7-4-6-15-18/h4,6-7,10H,5,8-9H2,1-3H3,(H2,14,16)/t10-/m1/s1. The molecule has 0 saturated carbocycles. The van der Waals surface area contributed by atoms with E-state index in [1.165, 1.54) is 4.68 Å². The number of aromatic nitrogens is 2. The van der Waals surface area contributed by atoms with E-state index < -0.39 is 5.60 Å². The van der Waals surface area contributed by atoms with Crippen LogP contribution in [0.5, 0.6) is 0 Å². The van der Waals surface area contributed by atoms with Crippen LogP contribution >= 0.6 is 0 Å². The second-order valence-corrected chi connectivity index (χ2v) is 5.81. The second kappa shape index (κ2) is 5.52. The maximum absolute atomic E-state index is 11.9. The molecule has 0 spiro atoms. The van der Waals surface area contributed by atoms with Crippen LogP contribution in [-0.2, 0) is 4.74 Å². The number of rotatable bonds is 1. The van der Waals surface area contributed by atoms with Gasteiger partial charge in [-0.05, 0) is 33.3 Å². The normalized spacial score (nSPS) is 20.2. The van der Waals surface area contributed by atoms with Gasteiger partial charge in [0.05, 0.1) is 6.04 Å². The van der Waals surface area contributed by atoms with Crippen LogP contribution in [0.15, 0.2) is 23.5 Å². The van der Waals surface area contributed by atoms with Crippen LogP contribution in [0.4, 0.5) is 4.79 Å². The molecule has 0 aromatic carbocycles. The van der Waals surface area contributed by atoms with Crippen molar-refractivity contribution in [2.75, 3.05) is 13.1 Å². The topological polar surface area (TPSA) is 85.7 Å². The Morgan fingerprint density at radius 1 is 1.50 bits per heavy atom. The van der Waals surface area contributed by atoms with E-state index in [2.05, 4.69) is 10.1 Å². The van der Waals surface area contributed by atoms with Crippen molar-refractivity contribution in [3.8, 4) is 0 Å². The molecule has 1 fully saturated rings. The first-order chi connectivity index (χ1) is 9.35. The van der Waals surface area contributed by atoms with Gasteiger partial charge in [0.15, 0.2) is 0 Å².